The molecule has 0 aromatic heterocycles. The second-order valence-corrected chi connectivity index (χ2v) is 5.11. The van der Waals surface area contributed by atoms with E-state index in [-0.39, 0.29) is 5.84 Å². The lowest BCUT2D eigenvalue weighted by molar-refractivity contribution is 0.303. The van der Waals surface area contributed by atoms with Crippen LogP contribution < -0.4 is 10.5 Å². The van der Waals surface area contributed by atoms with E-state index in [1.165, 1.54) is 16.7 Å². The second-order valence-electron chi connectivity index (χ2n) is 5.11. The first kappa shape index (κ1) is 14.1. The van der Waals surface area contributed by atoms with Gasteiger partial charge in [-0.15, -0.1) is 0 Å². The second kappa shape index (κ2) is 5.78. The fourth-order valence-electron chi connectivity index (χ4n) is 2.03. The van der Waals surface area contributed by atoms with Crippen molar-refractivity contribution in [1.29, 1.82) is 5.41 Å². The quantitative estimate of drug-likeness (QED) is 0.659. The standard InChI is InChI=1S/C17H20N2O/c1-11-4-5-12(2)15(8-11)10-20-16-9-14(17(18)19)7-6-13(16)3/h4-9H,10H2,1-3H3,(H3,18,19). The van der Waals surface area contributed by atoms with Crippen LogP contribution in [0.25, 0.3) is 0 Å². The molecule has 0 saturated heterocycles. The van der Waals surface area contributed by atoms with Gasteiger partial charge in [0.25, 0.3) is 0 Å². The number of hydrogen-bond acceptors (Lipinski definition) is 2. The third kappa shape index (κ3) is 3.18. The molecule has 2 aromatic carbocycles. The van der Waals surface area contributed by atoms with E-state index in [4.69, 9.17) is 15.9 Å². The molecule has 3 nitrogen and oxygen atoms in total. The van der Waals surface area contributed by atoms with Crippen LogP contribution in [0, 0.1) is 26.2 Å². The van der Waals surface area contributed by atoms with Crippen LogP contribution in [0.5, 0.6) is 5.75 Å². The Balaban J connectivity index is 2.20. The van der Waals surface area contributed by atoms with Crippen molar-refractivity contribution >= 4 is 5.84 Å². The van der Waals surface area contributed by atoms with Gasteiger partial charge >= 0.3 is 0 Å². The van der Waals surface area contributed by atoms with Crippen molar-refractivity contribution in [2.24, 2.45) is 5.73 Å². The maximum atomic E-state index is 7.48. The maximum absolute atomic E-state index is 7.48. The molecule has 2 aromatic rings. The smallest absolute Gasteiger partial charge is 0.123 e. The van der Waals surface area contributed by atoms with E-state index in [1.807, 2.05) is 25.1 Å². The number of rotatable bonds is 4. The number of hydrogen-bond donors (Lipinski definition) is 2. The summed E-state index contributed by atoms with van der Waals surface area (Å²) >= 11 is 0. The van der Waals surface area contributed by atoms with E-state index in [0.717, 1.165) is 11.3 Å². The molecule has 3 heteroatoms. The predicted molar refractivity (Wildman–Crippen MR) is 82.4 cm³/mol. The molecule has 0 bridgehead atoms. The fourth-order valence-corrected chi connectivity index (χ4v) is 2.03. The summed E-state index contributed by atoms with van der Waals surface area (Å²) in [6.45, 7) is 6.67. The van der Waals surface area contributed by atoms with Crippen molar-refractivity contribution in [3.05, 3.63) is 64.2 Å². The SMILES string of the molecule is Cc1ccc(C)c(COc2cc(C(=N)N)ccc2C)c1. The van der Waals surface area contributed by atoms with E-state index < -0.39 is 0 Å². The lowest BCUT2D eigenvalue weighted by atomic mass is 10.1. The van der Waals surface area contributed by atoms with Gasteiger partial charge in [-0.05, 0) is 43.5 Å². The number of ether oxygens (including phenoxy) is 1. The zero-order chi connectivity index (χ0) is 14.7. The highest BCUT2D eigenvalue weighted by Gasteiger charge is 2.05. The summed E-state index contributed by atoms with van der Waals surface area (Å²) in [7, 11) is 0. The Kier molecular flexibility index (Phi) is 4.08. The Labute approximate surface area is 119 Å². The normalized spacial score (nSPS) is 10.3. The van der Waals surface area contributed by atoms with Gasteiger partial charge in [-0.3, -0.25) is 5.41 Å². The van der Waals surface area contributed by atoms with E-state index >= 15 is 0 Å². The van der Waals surface area contributed by atoms with E-state index in [1.54, 1.807) is 0 Å². The molecule has 0 radical (unpaired) electrons. The predicted octanol–water partition coefficient (Wildman–Crippen LogP) is 3.47. The van der Waals surface area contributed by atoms with Gasteiger partial charge < -0.3 is 10.5 Å². The summed E-state index contributed by atoms with van der Waals surface area (Å²) in [5, 5.41) is 7.48. The molecule has 2 rings (SSSR count). The molecular weight excluding hydrogens is 248 g/mol. The minimum absolute atomic E-state index is 0.0570. The highest BCUT2D eigenvalue weighted by Crippen LogP contribution is 2.21. The molecule has 0 saturated carbocycles. The number of nitrogens with one attached hydrogen (secondary N) is 1. The van der Waals surface area contributed by atoms with Crippen LogP contribution >= 0.6 is 0 Å². The highest BCUT2D eigenvalue weighted by molar-refractivity contribution is 5.95. The highest BCUT2D eigenvalue weighted by atomic mass is 16.5. The molecule has 3 N–H and O–H groups in total. The number of aryl methyl sites for hydroxylation is 3. The Morgan fingerprint density at radius 3 is 2.45 bits per heavy atom. The van der Waals surface area contributed by atoms with Gasteiger partial charge in [0.15, 0.2) is 0 Å². The van der Waals surface area contributed by atoms with Gasteiger partial charge in [0.1, 0.15) is 18.2 Å². The van der Waals surface area contributed by atoms with Crippen molar-refractivity contribution in [2.45, 2.75) is 27.4 Å². The molecular formula is C17H20N2O. The van der Waals surface area contributed by atoms with Gasteiger partial charge in [-0.25, -0.2) is 0 Å². The molecule has 0 amide bonds. The monoisotopic (exact) mass is 268 g/mol. The van der Waals surface area contributed by atoms with Gasteiger partial charge in [-0.1, -0.05) is 35.9 Å². The zero-order valence-corrected chi connectivity index (χ0v) is 12.2. The molecule has 0 atom stereocenters. The van der Waals surface area contributed by atoms with Crippen LogP contribution in [-0.4, -0.2) is 5.84 Å². The fraction of sp³-hybridized carbons (Fsp3) is 0.235. The van der Waals surface area contributed by atoms with E-state index in [2.05, 4.69) is 32.0 Å². The molecule has 104 valence electrons. The Morgan fingerprint density at radius 2 is 1.75 bits per heavy atom. The van der Waals surface area contributed by atoms with Gasteiger partial charge in [0, 0.05) is 5.56 Å². The summed E-state index contributed by atoms with van der Waals surface area (Å²) in [6, 6.07) is 11.9. The first-order valence-electron chi connectivity index (χ1n) is 6.61. The maximum Gasteiger partial charge on any atom is 0.123 e. The number of nitrogen functional groups attached to an aromatic ring is 1. The minimum Gasteiger partial charge on any atom is -0.489 e. The van der Waals surface area contributed by atoms with E-state index in [9.17, 15) is 0 Å². The number of nitrogens with two attached hydrogens (primary N) is 1. The van der Waals surface area contributed by atoms with Gasteiger partial charge in [-0.2, -0.15) is 0 Å². The van der Waals surface area contributed by atoms with Gasteiger partial charge in [0.05, 0.1) is 0 Å². The molecule has 0 unspecified atom stereocenters. The largest absolute Gasteiger partial charge is 0.489 e. The average Bonchev–Trinajstić information content (AvgIpc) is 2.41. The first-order valence-corrected chi connectivity index (χ1v) is 6.61. The van der Waals surface area contributed by atoms with Crippen molar-refractivity contribution in [3.8, 4) is 5.75 Å². The van der Waals surface area contributed by atoms with Crippen LogP contribution in [-0.2, 0) is 6.61 Å². The van der Waals surface area contributed by atoms with Crippen molar-refractivity contribution < 1.29 is 4.74 Å². The molecule has 0 spiro atoms. The Hall–Kier alpha value is -2.29. The average molecular weight is 268 g/mol. The molecule has 0 aliphatic heterocycles. The third-order valence-electron chi connectivity index (χ3n) is 3.39. The third-order valence-corrected chi connectivity index (χ3v) is 3.39. The van der Waals surface area contributed by atoms with Crippen molar-refractivity contribution in [2.75, 3.05) is 0 Å². The summed E-state index contributed by atoms with van der Waals surface area (Å²) in [4.78, 5) is 0. The Bertz CT molecular complexity index is 647. The molecule has 0 fully saturated rings. The molecule has 0 aliphatic carbocycles. The van der Waals surface area contributed by atoms with Crippen LogP contribution in [0.1, 0.15) is 27.8 Å². The van der Waals surface area contributed by atoms with Crippen LogP contribution in [0.4, 0.5) is 0 Å². The molecule has 20 heavy (non-hydrogen) atoms. The zero-order valence-electron chi connectivity index (χ0n) is 12.2. The molecule has 0 aliphatic rings. The topological polar surface area (TPSA) is 59.1 Å². The van der Waals surface area contributed by atoms with Crippen molar-refractivity contribution in [1.82, 2.24) is 0 Å². The lowest BCUT2D eigenvalue weighted by Crippen LogP contribution is -2.11. The first-order chi connectivity index (χ1) is 9.47. The summed E-state index contributed by atoms with van der Waals surface area (Å²) in [6.07, 6.45) is 0. The van der Waals surface area contributed by atoms with Crippen LogP contribution in [0.2, 0.25) is 0 Å². The number of benzene rings is 2. The lowest BCUT2D eigenvalue weighted by Gasteiger charge is -2.12. The summed E-state index contributed by atoms with van der Waals surface area (Å²) in [5.41, 5.74) is 10.9. The van der Waals surface area contributed by atoms with Crippen molar-refractivity contribution in [3.63, 3.8) is 0 Å². The van der Waals surface area contributed by atoms with Crippen LogP contribution in [0.15, 0.2) is 36.4 Å². The minimum atomic E-state index is 0.0570. The van der Waals surface area contributed by atoms with Gasteiger partial charge in [0.2, 0.25) is 0 Å². The summed E-state index contributed by atoms with van der Waals surface area (Å²) in [5.74, 6) is 0.834. The molecule has 0 heterocycles. The summed E-state index contributed by atoms with van der Waals surface area (Å²) < 4.78 is 5.90. The number of amidine groups is 1. The van der Waals surface area contributed by atoms with Crippen LogP contribution in [0.3, 0.4) is 0 Å². The van der Waals surface area contributed by atoms with E-state index in [0.29, 0.717) is 12.2 Å². The Morgan fingerprint density at radius 1 is 1.05 bits per heavy atom.